The van der Waals surface area contributed by atoms with Gasteiger partial charge in [-0.2, -0.15) is 0 Å². The van der Waals surface area contributed by atoms with Gasteiger partial charge in [-0.3, -0.25) is 4.79 Å². The average Bonchev–Trinajstić information content (AvgIpc) is 2.62. The van der Waals surface area contributed by atoms with Crippen molar-refractivity contribution in [3.63, 3.8) is 0 Å². The van der Waals surface area contributed by atoms with Crippen molar-refractivity contribution in [2.45, 2.75) is 19.0 Å². The molecule has 17 heavy (non-hydrogen) atoms. The molecule has 5 heteroatoms. The normalized spacial score (nSPS) is 20.1. The molecule has 1 amide bonds. The third-order valence-corrected chi connectivity index (χ3v) is 3.84. The lowest BCUT2D eigenvalue weighted by Gasteiger charge is -2.13. The summed E-state index contributed by atoms with van der Waals surface area (Å²) < 4.78 is 0.994. The highest BCUT2D eigenvalue weighted by molar-refractivity contribution is 9.10. The van der Waals surface area contributed by atoms with E-state index in [9.17, 15) is 4.79 Å². The molecule has 1 aliphatic heterocycles. The number of amides is 1. The maximum atomic E-state index is 11.7. The van der Waals surface area contributed by atoms with Crippen molar-refractivity contribution in [1.29, 1.82) is 0 Å². The van der Waals surface area contributed by atoms with Gasteiger partial charge in [-0.05, 0) is 30.2 Å². The summed E-state index contributed by atoms with van der Waals surface area (Å²) in [5.74, 6) is 0.163. The van der Waals surface area contributed by atoms with E-state index in [0.29, 0.717) is 6.54 Å². The fourth-order valence-corrected chi connectivity index (χ4v) is 2.52. The van der Waals surface area contributed by atoms with E-state index in [-0.39, 0.29) is 11.9 Å². The smallest absolute Gasteiger partial charge is 0.239 e. The van der Waals surface area contributed by atoms with E-state index in [1.807, 2.05) is 25.2 Å². The number of hydrogen-bond donors (Lipinski definition) is 1. The summed E-state index contributed by atoms with van der Waals surface area (Å²) in [6.07, 6.45) is 0.862. The molecule has 0 bridgehead atoms. The molecule has 0 saturated carbocycles. The minimum Gasteiger partial charge on any atom is -0.344 e. The van der Waals surface area contributed by atoms with E-state index in [1.54, 1.807) is 4.90 Å². The highest BCUT2D eigenvalue weighted by Crippen LogP contribution is 2.21. The second-order valence-corrected chi connectivity index (χ2v) is 5.54. The maximum absolute atomic E-state index is 11.7. The molecule has 1 aromatic rings. The first kappa shape index (κ1) is 12.9. The molecule has 1 atom stereocenters. The predicted molar refractivity (Wildman–Crippen MR) is 72.0 cm³/mol. The molecule has 0 aromatic heterocycles. The van der Waals surface area contributed by atoms with Crippen LogP contribution in [-0.2, 0) is 11.3 Å². The fraction of sp³-hybridized carbons (Fsp3) is 0.417. The van der Waals surface area contributed by atoms with E-state index in [4.69, 9.17) is 11.6 Å². The second kappa shape index (κ2) is 5.38. The zero-order valence-corrected chi connectivity index (χ0v) is 11.9. The van der Waals surface area contributed by atoms with Crippen molar-refractivity contribution < 1.29 is 4.79 Å². The quantitative estimate of drug-likeness (QED) is 0.928. The summed E-state index contributed by atoms with van der Waals surface area (Å²) in [4.78, 5) is 13.4. The molecule has 1 aromatic carbocycles. The van der Waals surface area contributed by atoms with Gasteiger partial charge in [0.25, 0.3) is 0 Å². The number of nitrogens with zero attached hydrogens (tertiary/aromatic N) is 1. The SMILES string of the molecule is CN1CCC(NCc2cc(Br)ccc2Cl)C1=O. The van der Waals surface area contributed by atoms with Crippen LogP contribution in [-0.4, -0.2) is 30.4 Å². The van der Waals surface area contributed by atoms with Gasteiger partial charge in [-0.25, -0.2) is 0 Å². The Morgan fingerprint density at radius 1 is 1.59 bits per heavy atom. The van der Waals surface area contributed by atoms with Gasteiger partial charge in [-0.15, -0.1) is 0 Å². The van der Waals surface area contributed by atoms with Crippen LogP contribution in [0.3, 0.4) is 0 Å². The molecule has 1 heterocycles. The van der Waals surface area contributed by atoms with E-state index in [0.717, 1.165) is 28.0 Å². The van der Waals surface area contributed by atoms with E-state index in [2.05, 4.69) is 21.2 Å². The lowest BCUT2D eigenvalue weighted by molar-refractivity contribution is -0.128. The van der Waals surface area contributed by atoms with Gasteiger partial charge in [0.05, 0.1) is 6.04 Å². The Morgan fingerprint density at radius 2 is 2.35 bits per heavy atom. The second-order valence-electron chi connectivity index (χ2n) is 4.22. The Morgan fingerprint density at radius 3 is 3.00 bits per heavy atom. The highest BCUT2D eigenvalue weighted by Gasteiger charge is 2.28. The van der Waals surface area contributed by atoms with Crippen molar-refractivity contribution in [3.8, 4) is 0 Å². The summed E-state index contributed by atoms with van der Waals surface area (Å²) in [6, 6.07) is 5.65. The van der Waals surface area contributed by atoms with Crippen molar-refractivity contribution in [3.05, 3.63) is 33.3 Å². The van der Waals surface area contributed by atoms with Crippen molar-refractivity contribution in [2.75, 3.05) is 13.6 Å². The summed E-state index contributed by atoms with van der Waals surface area (Å²) in [5, 5.41) is 3.97. The molecule has 0 spiro atoms. The Hall–Kier alpha value is -0.580. The van der Waals surface area contributed by atoms with Gasteiger partial charge in [0.1, 0.15) is 0 Å². The fourth-order valence-electron chi connectivity index (χ4n) is 1.92. The molecule has 1 aliphatic rings. The van der Waals surface area contributed by atoms with E-state index in [1.165, 1.54) is 0 Å². The third-order valence-electron chi connectivity index (χ3n) is 2.97. The number of likely N-dealkylation sites (tertiary alicyclic amines) is 1. The van der Waals surface area contributed by atoms with Crippen LogP contribution in [0.25, 0.3) is 0 Å². The molecule has 2 rings (SSSR count). The van der Waals surface area contributed by atoms with Crippen molar-refractivity contribution in [2.24, 2.45) is 0 Å². The van der Waals surface area contributed by atoms with Crippen molar-refractivity contribution >= 4 is 33.4 Å². The minimum absolute atomic E-state index is 0.0740. The molecular weight excluding hydrogens is 304 g/mol. The molecular formula is C12H14BrClN2O. The van der Waals surface area contributed by atoms with Crippen LogP contribution in [0, 0.1) is 0 Å². The third kappa shape index (κ3) is 3.00. The first-order chi connectivity index (χ1) is 8.08. The van der Waals surface area contributed by atoms with Gasteiger partial charge < -0.3 is 10.2 Å². The van der Waals surface area contributed by atoms with Crippen LogP contribution >= 0.6 is 27.5 Å². The van der Waals surface area contributed by atoms with Gasteiger partial charge in [0, 0.05) is 29.6 Å². The lowest BCUT2D eigenvalue weighted by Crippen LogP contribution is -2.36. The first-order valence-electron chi connectivity index (χ1n) is 5.50. The standard InChI is InChI=1S/C12H14BrClN2O/c1-16-5-4-11(12(16)17)15-7-8-6-9(13)2-3-10(8)14/h2-3,6,11,15H,4-5,7H2,1H3. The molecule has 0 radical (unpaired) electrons. The monoisotopic (exact) mass is 316 g/mol. The number of benzene rings is 1. The number of nitrogens with one attached hydrogen (secondary N) is 1. The number of carbonyl (C=O) groups excluding carboxylic acids is 1. The molecule has 92 valence electrons. The van der Waals surface area contributed by atoms with E-state index < -0.39 is 0 Å². The predicted octanol–water partition coefficient (Wildman–Crippen LogP) is 2.42. The molecule has 0 aliphatic carbocycles. The molecule has 3 nitrogen and oxygen atoms in total. The van der Waals surface area contributed by atoms with Gasteiger partial charge >= 0.3 is 0 Å². The largest absolute Gasteiger partial charge is 0.344 e. The number of hydrogen-bond acceptors (Lipinski definition) is 2. The van der Waals surface area contributed by atoms with Crippen molar-refractivity contribution in [1.82, 2.24) is 10.2 Å². The van der Waals surface area contributed by atoms with Crippen LogP contribution in [0.5, 0.6) is 0 Å². The van der Waals surface area contributed by atoms with Crippen LogP contribution in [0.4, 0.5) is 0 Å². The Labute approximate surface area is 114 Å². The van der Waals surface area contributed by atoms with Crippen LogP contribution < -0.4 is 5.32 Å². The lowest BCUT2D eigenvalue weighted by atomic mass is 10.2. The zero-order valence-electron chi connectivity index (χ0n) is 9.54. The Balaban J connectivity index is 1.98. The Kier molecular flexibility index (Phi) is 4.07. The number of rotatable bonds is 3. The first-order valence-corrected chi connectivity index (χ1v) is 6.67. The van der Waals surface area contributed by atoms with Gasteiger partial charge in [-0.1, -0.05) is 27.5 Å². The van der Waals surface area contributed by atoms with E-state index >= 15 is 0 Å². The minimum atomic E-state index is -0.0740. The number of likely N-dealkylation sites (N-methyl/N-ethyl adjacent to an activating group) is 1. The molecule has 1 saturated heterocycles. The molecule has 1 fully saturated rings. The van der Waals surface area contributed by atoms with Crippen LogP contribution in [0.2, 0.25) is 5.02 Å². The summed E-state index contributed by atoms with van der Waals surface area (Å²) >= 11 is 9.50. The molecule has 1 unspecified atom stereocenters. The van der Waals surface area contributed by atoms with Gasteiger partial charge in [0.15, 0.2) is 0 Å². The topological polar surface area (TPSA) is 32.3 Å². The molecule has 1 N–H and O–H groups in total. The Bertz CT molecular complexity index is 439. The van der Waals surface area contributed by atoms with Gasteiger partial charge in [0.2, 0.25) is 5.91 Å². The van der Waals surface area contributed by atoms with Crippen LogP contribution in [0.15, 0.2) is 22.7 Å². The highest BCUT2D eigenvalue weighted by atomic mass is 79.9. The summed E-state index contributed by atoms with van der Waals surface area (Å²) in [5.41, 5.74) is 1.00. The zero-order chi connectivity index (χ0) is 12.4. The maximum Gasteiger partial charge on any atom is 0.239 e. The summed E-state index contributed by atoms with van der Waals surface area (Å²) in [7, 11) is 1.83. The average molecular weight is 318 g/mol. The van der Waals surface area contributed by atoms with Crippen LogP contribution in [0.1, 0.15) is 12.0 Å². The number of halogens is 2. The summed E-state index contributed by atoms with van der Waals surface area (Å²) in [6.45, 7) is 1.44. The number of carbonyl (C=O) groups is 1.